The number of benzene rings is 2. The van der Waals surface area contributed by atoms with Crippen molar-refractivity contribution in [1.82, 2.24) is 9.80 Å². The van der Waals surface area contributed by atoms with E-state index in [0.717, 1.165) is 52.2 Å². The molecule has 3 aromatic rings. The average molecular weight is 544 g/mol. The molecule has 2 aromatic carbocycles. The van der Waals surface area contributed by atoms with Crippen LogP contribution in [0.3, 0.4) is 0 Å². The first kappa shape index (κ1) is 25.7. The Hall–Kier alpha value is -1.89. The fourth-order valence-corrected chi connectivity index (χ4v) is 6.51. The number of piperidine rings is 1. The van der Waals surface area contributed by atoms with Gasteiger partial charge < -0.3 is 14.5 Å². The van der Waals surface area contributed by atoms with Crippen molar-refractivity contribution < 1.29 is 9.53 Å². The number of nitrogens with zero attached hydrogens (tertiary/aromatic N) is 2. The summed E-state index contributed by atoms with van der Waals surface area (Å²) in [6.45, 7) is 6.22. The molecule has 2 aliphatic rings. The lowest BCUT2D eigenvalue weighted by Crippen LogP contribution is -2.39. The minimum absolute atomic E-state index is 0.0329. The van der Waals surface area contributed by atoms with E-state index in [1.807, 2.05) is 11.0 Å². The Balaban J connectivity index is 1.16. The molecule has 0 radical (unpaired) electrons. The third-order valence-corrected chi connectivity index (χ3v) is 8.97. The molecule has 5 rings (SSSR count). The second-order valence-electron chi connectivity index (χ2n) is 10.0. The first-order chi connectivity index (χ1) is 17.6. The van der Waals surface area contributed by atoms with Crippen molar-refractivity contribution in [3.63, 3.8) is 0 Å². The number of likely N-dealkylation sites (tertiary alicyclic amines) is 2. The van der Waals surface area contributed by atoms with E-state index in [-0.39, 0.29) is 5.91 Å². The van der Waals surface area contributed by atoms with E-state index < -0.39 is 0 Å². The van der Waals surface area contributed by atoms with Crippen molar-refractivity contribution in [3.8, 4) is 0 Å². The summed E-state index contributed by atoms with van der Waals surface area (Å²) in [5.41, 5.74) is 3.18. The van der Waals surface area contributed by atoms with Gasteiger partial charge in [0.2, 0.25) is 0 Å². The molecular formula is C29H32Cl2N2O2S. The van der Waals surface area contributed by atoms with Crippen LogP contribution in [0.4, 0.5) is 0 Å². The molecular weight excluding hydrogens is 511 g/mol. The van der Waals surface area contributed by atoms with Crippen LogP contribution in [0.5, 0.6) is 0 Å². The highest BCUT2D eigenvalue weighted by atomic mass is 35.5. The Bertz CT molecular complexity index is 1130. The van der Waals surface area contributed by atoms with Crippen LogP contribution in [0.15, 0.2) is 65.4 Å². The van der Waals surface area contributed by atoms with Gasteiger partial charge in [0.1, 0.15) is 0 Å². The summed E-state index contributed by atoms with van der Waals surface area (Å²) in [5, 5.41) is 5.26. The molecule has 2 atom stereocenters. The fourth-order valence-electron chi connectivity index (χ4n) is 5.48. The van der Waals surface area contributed by atoms with Gasteiger partial charge in [-0.3, -0.25) is 4.79 Å². The van der Waals surface area contributed by atoms with E-state index >= 15 is 0 Å². The largest absolute Gasteiger partial charge is 0.376 e. The summed E-state index contributed by atoms with van der Waals surface area (Å²) < 4.78 is 6.01. The van der Waals surface area contributed by atoms with Crippen LogP contribution >= 0.6 is 34.5 Å². The standard InChI is InChI=1S/C29H32Cl2N2O2S/c30-27-7-6-23(14-28(27)31)29(34)33-16-25(26(17-33)24-10-13-36-20-24)15-32-11-8-22(9-12-32)19-35-18-21-4-2-1-3-5-21/h1-7,10,13-14,20,22,25-26H,8-9,11-12,15-19H2. The maximum atomic E-state index is 13.3. The molecule has 0 spiro atoms. The van der Waals surface area contributed by atoms with E-state index in [1.54, 1.807) is 29.5 Å². The summed E-state index contributed by atoms with van der Waals surface area (Å²) in [6.07, 6.45) is 2.33. The molecule has 2 saturated heterocycles. The number of carbonyl (C=O) groups excluding carboxylic acids is 1. The Kier molecular flexibility index (Phi) is 8.66. The molecule has 3 heterocycles. The minimum atomic E-state index is 0.0329. The van der Waals surface area contributed by atoms with Crippen LogP contribution in [0.2, 0.25) is 10.0 Å². The summed E-state index contributed by atoms with van der Waals surface area (Å²) >= 11 is 14.0. The summed E-state index contributed by atoms with van der Waals surface area (Å²) in [5.74, 6) is 1.42. The van der Waals surface area contributed by atoms with Gasteiger partial charge in [-0.2, -0.15) is 11.3 Å². The Labute approximate surface area is 227 Å². The normalized spacial score (nSPS) is 21.2. The van der Waals surface area contributed by atoms with Gasteiger partial charge >= 0.3 is 0 Å². The summed E-state index contributed by atoms with van der Waals surface area (Å²) in [7, 11) is 0. The lowest BCUT2D eigenvalue weighted by molar-refractivity contribution is 0.0539. The first-order valence-electron chi connectivity index (χ1n) is 12.7. The molecule has 0 N–H and O–H groups in total. The second-order valence-corrected chi connectivity index (χ2v) is 11.6. The smallest absolute Gasteiger partial charge is 0.253 e. The van der Waals surface area contributed by atoms with Crippen molar-refractivity contribution in [3.05, 3.63) is 92.1 Å². The predicted molar refractivity (Wildman–Crippen MR) is 148 cm³/mol. The van der Waals surface area contributed by atoms with Crippen LogP contribution in [-0.2, 0) is 11.3 Å². The predicted octanol–water partition coefficient (Wildman–Crippen LogP) is 6.84. The minimum Gasteiger partial charge on any atom is -0.376 e. The summed E-state index contributed by atoms with van der Waals surface area (Å²) in [6, 6.07) is 17.8. The van der Waals surface area contributed by atoms with Gasteiger partial charge in [0, 0.05) is 37.7 Å². The zero-order chi connectivity index (χ0) is 24.9. The lowest BCUT2D eigenvalue weighted by atomic mass is 9.89. The van der Waals surface area contributed by atoms with Crippen LogP contribution in [0, 0.1) is 11.8 Å². The third-order valence-electron chi connectivity index (χ3n) is 7.53. The fraction of sp³-hybridized carbons (Fsp3) is 0.414. The zero-order valence-electron chi connectivity index (χ0n) is 20.3. The van der Waals surface area contributed by atoms with Crippen molar-refractivity contribution in [2.45, 2.75) is 25.4 Å². The van der Waals surface area contributed by atoms with Crippen LogP contribution in [0.1, 0.15) is 40.2 Å². The lowest BCUT2D eigenvalue weighted by Gasteiger charge is -2.34. The van der Waals surface area contributed by atoms with Crippen LogP contribution < -0.4 is 0 Å². The van der Waals surface area contributed by atoms with Gasteiger partial charge in [0.25, 0.3) is 5.91 Å². The molecule has 7 heteroatoms. The maximum absolute atomic E-state index is 13.3. The molecule has 2 unspecified atom stereocenters. The van der Waals surface area contributed by atoms with E-state index in [4.69, 9.17) is 27.9 Å². The highest BCUT2D eigenvalue weighted by Crippen LogP contribution is 2.36. The monoisotopic (exact) mass is 542 g/mol. The van der Waals surface area contributed by atoms with Gasteiger partial charge in [-0.1, -0.05) is 53.5 Å². The van der Waals surface area contributed by atoms with E-state index in [1.165, 1.54) is 11.1 Å². The SMILES string of the molecule is O=C(c1ccc(Cl)c(Cl)c1)N1CC(CN2CCC(COCc3ccccc3)CC2)C(c2ccsc2)C1. The summed E-state index contributed by atoms with van der Waals surface area (Å²) in [4.78, 5) is 17.9. The first-order valence-corrected chi connectivity index (χ1v) is 14.4. The molecule has 0 saturated carbocycles. The van der Waals surface area contributed by atoms with Gasteiger partial charge in [0.15, 0.2) is 0 Å². The number of rotatable bonds is 8. The van der Waals surface area contributed by atoms with E-state index in [0.29, 0.717) is 40.0 Å². The number of carbonyl (C=O) groups is 1. The second kappa shape index (κ2) is 12.1. The maximum Gasteiger partial charge on any atom is 0.253 e. The number of thiophene rings is 1. The zero-order valence-corrected chi connectivity index (χ0v) is 22.7. The number of amides is 1. The average Bonchev–Trinajstić information content (AvgIpc) is 3.57. The van der Waals surface area contributed by atoms with E-state index in [2.05, 4.69) is 46.0 Å². The van der Waals surface area contributed by atoms with Gasteiger partial charge in [-0.25, -0.2) is 0 Å². The number of hydrogen-bond acceptors (Lipinski definition) is 4. The number of ether oxygens (including phenoxy) is 1. The van der Waals surface area contributed by atoms with E-state index in [9.17, 15) is 4.79 Å². The Morgan fingerprint density at radius 3 is 2.53 bits per heavy atom. The van der Waals surface area contributed by atoms with Crippen molar-refractivity contribution in [1.29, 1.82) is 0 Å². The van der Waals surface area contributed by atoms with Gasteiger partial charge in [0.05, 0.1) is 16.7 Å². The van der Waals surface area contributed by atoms with Gasteiger partial charge in [-0.05, 0) is 83.9 Å². The molecule has 36 heavy (non-hydrogen) atoms. The van der Waals surface area contributed by atoms with Gasteiger partial charge in [-0.15, -0.1) is 0 Å². The molecule has 0 aliphatic carbocycles. The number of hydrogen-bond donors (Lipinski definition) is 0. The third kappa shape index (κ3) is 6.32. The molecule has 2 fully saturated rings. The molecule has 1 amide bonds. The molecule has 2 aliphatic heterocycles. The highest BCUT2D eigenvalue weighted by molar-refractivity contribution is 7.08. The molecule has 190 valence electrons. The Morgan fingerprint density at radius 1 is 1.00 bits per heavy atom. The highest BCUT2D eigenvalue weighted by Gasteiger charge is 2.38. The van der Waals surface area contributed by atoms with Crippen LogP contribution in [0.25, 0.3) is 0 Å². The van der Waals surface area contributed by atoms with Crippen molar-refractivity contribution >= 4 is 40.4 Å². The van der Waals surface area contributed by atoms with Crippen molar-refractivity contribution in [2.24, 2.45) is 11.8 Å². The van der Waals surface area contributed by atoms with Crippen LogP contribution in [-0.4, -0.2) is 55.0 Å². The topological polar surface area (TPSA) is 32.8 Å². The molecule has 4 nitrogen and oxygen atoms in total. The number of halogens is 2. The molecule has 0 bridgehead atoms. The quantitative estimate of drug-likeness (QED) is 0.312. The van der Waals surface area contributed by atoms with Crippen molar-refractivity contribution in [2.75, 3.05) is 39.3 Å². The Morgan fingerprint density at radius 2 is 1.81 bits per heavy atom. The molecule has 1 aromatic heterocycles.